The number of nitrogens with zero attached hydrogens (tertiary/aromatic N) is 2. The normalized spacial score (nSPS) is 12.5. The molecule has 3 aromatic rings. The summed E-state index contributed by atoms with van der Waals surface area (Å²) in [6.07, 6.45) is 0.537. The van der Waals surface area contributed by atoms with Gasteiger partial charge in [0.15, 0.2) is 0 Å². The Labute approximate surface area is 178 Å². The molecule has 0 aliphatic carbocycles. The first-order valence-corrected chi connectivity index (χ1v) is 11.7. The van der Waals surface area contributed by atoms with Gasteiger partial charge < -0.3 is 5.32 Å². The van der Waals surface area contributed by atoms with E-state index < -0.39 is 15.9 Å². The van der Waals surface area contributed by atoms with Crippen molar-refractivity contribution in [2.24, 2.45) is 11.1 Å². The monoisotopic (exact) mass is 446 g/mol. The van der Waals surface area contributed by atoms with Gasteiger partial charge in [0, 0.05) is 12.6 Å². The lowest BCUT2D eigenvalue weighted by atomic mass is 10.1. The Kier molecular flexibility index (Phi) is 6.80. The largest absolute Gasteiger partial charge is 0.355 e. The third-order valence-corrected chi connectivity index (χ3v) is 6.32. The second-order valence-corrected chi connectivity index (χ2v) is 9.36. The second kappa shape index (κ2) is 9.33. The molecule has 1 amide bonds. The van der Waals surface area contributed by atoms with Gasteiger partial charge in [-0.1, -0.05) is 25.1 Å². The molecule has 2 aromatic heterocycles. The Bertz CT molecular complexity index is 1170. The minimum Gasteiger partial charge on any atom is -0.355 e. The smallest absolute Gasteiger partial charge is 0.266 e. The number of amides is 1. The zero-order valence-electron chi connectivity index (χ0n) is 16.3. The average molecular weight is 447 g/mol. The number of hydrogen-bond donors (Lipinski definition) is 2. The molecule has 0 spiro atoms. The molecule has 0 fully saturated rings. The van der Waals surface area contributed by atoms with Gasteiger partial charge in [0.25, 0.3) is 5.56 Å². The molecule has 3 rings (SSSR count). The van der Waals surface area contributed by atoms with E-state index in [1.165, 1.54) is 34.2 Å². The predicted octanol–water partition coefficient (Wildman–Crippen LogP) is 1.61. The minimum atomic E-state index is -3.72. The van der Waals surface area contributed by atoms with Crippen molar-refractivity contribution in [2.75, 3.05) is 6.54 Å². The SMILES string of the molecule is CC(Cn1nc(-c2cccs2)ccc1=O)C(=O)NCCc1ccc(S(N)(=O)=O)cc1. The van der Waals surface area contributed by atoms with Gasteiger partial charge in [-0.3, -0.25) is 9.59 Å². The minimum absolute atomic E-state index is 0.0478. The standard InChI is InChI=1S/C20H22N4O4S2/c1-14(13-24-19(25)9-8-17(23-24)18-3-2-12-29-18)20(26)22-11-10-15-4-6-16(7-5-15)30(21,27)28/h2-9,12,14H,10-11,13H2,1H3,(H,22,26)(H2,21,27,28). The molecule has 0 aliphatic rings. The van der Waals surface area contributed by atoms with E-state index >= 15 is 0 Å². The lowest BCUT2D eigenvalue weighted by Gasteiger charge is -2.14. The van der Waals surface area contributed by atoms with Crippen molar-refractivity contribution in [2.45, 2.75) is 24.8 Å². The van der Waals surface area contributed by atoms with Crippen LogP contribution in [-0.2, 0) is 27.8 Å². The zero-order chi connectivity index (χ0) is 21.7. The molecule has 158 valence electrons. The summed E-state index contributed by atoms with van der Waals surface area (Å²) < 4.78 is 23.9. The van der Waals surface area contributed by atoms with Gasteiger partial charge in [0.05, 0.1) is 22.2 Å². The van der Waals surface area contributed by atoms with E-state index in [9.17, 15) is 18.0 Å². The Morgan fingerprint density at radius 2 is 1.93 bits per heavy atom. The summed E-state index contributed by atoms with van der Waals surface area (Å²) in [5.74, 6) is -0.634. The maximum absolute atomic E-state index is 12.4. The third kappa shape index (κ3) is 5.62. The van der Waals surface area contributed by atoms with Crippen molar-refractivity contribution in [3.05, 3.63) is 69.8 Å². The number of hydrogen-bond acceptors (Lipinski definition) is 6. The van der Waals surface area contributed by atoms with Crippen molar-refractivity contribution < 1.29 is 13.2 Å². The van der Waals surface area contributed by atoms with Gasteiger partial charge in [-0.15, -0.1) is 11.3 Å². The lowest BCUT2D eigenvalue weighted by Crippen LogP contribution is -2.35. The number of carbonyl (C=O) groups is 1. The van der Waals surface area contributed by atoms with Crippen LogP contribution in [0.2, 0.25) is 0 Å². The summed E-state index contributed by atoms with van der Waals surface area (Å²) in [5.41, 5.74) is 1.31. The quantitative estimate of drug-likeness (QED) is 0.544. The van der Waals surface area contributed by atoms with Crippen molar-refractivity contribution in [1.82, 2.24) is 15.1 Å². The van der Waals surface area contributed by atoms with Gasteiger partial charge in [-0.05, 0) is 41.6 Å². The molecule has 3 N–H and O–H groups in total. The number of rotatable bonds is 8. The van der Waals surface area contributed by atoms with Crippen LogP contribution in [0.25, 0.3) is 10.6 Å². The highest BCUT2D eigenvalue weighted by atomic mass is 32.2. The van der Waals surface area contributed by atoms with Gasteiger partial charge in [0.2, 0.25) is 15.9 Å². The molecule has 1 atom stereocenters. The van der Waals surface area contributed by atoms with E-state index in [4.69, 9.17) is 5.14 Å². The fourth-order valence-electron chi connectivity index (χ4n) is 2.83. The number of sulfonamides is 1. The fraction of sp³-hybridized carbons (Fsp3) is 0.250. The maximum atomic E-state index is 12.4. The molecule has 0 saturated carbocycles. The molecule has 0 bridgehead atoms. The molecule has 1 unspecified atom stereocenters. The Morgan fingerprint density at radius 3 is 2.57 bits per heavy atom. The van der Waals surface area contributed by atoms with Crippen LogP contribution in [0.4, 0.5) is 0 Å². The zero-order valence-corrected chi connectivity index (χ0v) is 17.9. The summed E-state index contributed by atoms with van der Waals surface area (Å²) in [4.78, 5) is 25.5. The van der Waals surface area contributed by atoms with Gasteiger partial charge in [0.1, 0.15) is 5.69 Å². The van der Waals surface area contributed by atoms with Crippen LogP contribution in [0.5, 0.6) is 0 Å². The molecule has 0 aliphatic heterocycles. The number of benzene rings is 1. The summed E-state index contributed by atoms with van der Waals surface area (Å²) in [6, 6.07) is 13.2. The van der Waals surface area contributed by atoms with Gasteiger partial charge in [-0.25, -0.2) is 18.2 Å². The summed E-state index contributed by atoms with van der Waals surface area (Å²) in [7, 11) is -3.72. The summed E-state index contributed by atoms with van der Waals surface area (Å²) in [6.45, 7) is 2.30. The van der Waals surface area contributed by atoms with E-state index in [0.29, 0.717) is 18.7 Å². The molecule has 2 heterocycles. The molecule has 30 heavy (non-hydrogen) atoms. The number of thiophene rings is 1. The molecular formula is C20H22N4O4S2. The molecule has 1 aromatic carbocycles. The van der Waals surface area contributed by atoms with Gasteiger partial charge in [-0.2, -0.15) is 5.10 Å². The Morgan fingerprint density at radius 1 is 1.20 bits per heavy atom. The van der Waals surface area contributed by atoms with E-state index in [2.05, 4.69) is 10.4 Å². The lowest BCUT2D eigenvalue weighted by molar-refractivity contribution is -0.124. The average Bonchev–Trinajstić information content (AvgIpc) is 3.24. The van der Waals surface area contributed by atoms with Crippen LogP contribution >= 0.6 is 11.3 Å². The second-order valence-electron chi connectivity index (χ2n) is 6.85. The van der Waals surface area contributed by atoms with Crippen molar-refractivity contribution in [3.63, 3.8) is 0 Å². The Hall–Kier alpha value is -2.82. The molecular weight excluding hydrogens is 424 g/mol. The van der Waals surface area contributed by atoms with E-state index in [-0.39, 0.29) is 22.9 Å². The van der Waals surface area contributed by atoms with E-state index in [1.807, 2.05) is 17.5 Å². The van der Waals surface area contributed by atoms with Crippen LogP contribution in [0.1, 0.15) is 12.5 Å². The first-order valence-electron chi connectivity index (χ1n) is 9.25. The summed E-state index contributed by atoms with van der Waals surface area (Å²) >= 11 is 1.53. The van der Waals surface area contributed by atoms with Crippen molar-refractivity contribution >= 4 is 27.3 Å². The number of nitrogens with one attached hydrogen (secondary N) is 1. The molecule has 8 nitrogen and oxygen atoms in total. The first kappa shape index (κ1) is 21.9. The molecule has 0 radical (unpaired) electrons. The number of nitrogens with two attached hydrogens (primary N) is 1. The van der Waals surface area contributed by atoms with Crippen LogP contribution < -0.4 is 16.0 Å². The summed E-state index contributed by atoms with van der Waals surface area (Å²) in [5, 5.41) is 14.2. The molecule has 10 heteroatoms. The van der Waals surface area contributed by atoms with Crippen LogP contribution in [0, 0.1) is 5.92 Å². The van der Waals surface area contributed by atoms with Crippen molar-refractivity contribution in [3.8, 4) is 10.6 Å². The highest BCUT2D eigenvalue weighted by molar-refractivity contribution is 7.89. The highest BCUT2D eigenvalue weighted by Crippen LogP contribution is 2.21. The number of aromatic nitrogens is 2. The van der Waals surface area contributed by atoms with Crippen LogP contribution in [0.15, 0.2) is 63.6 Å². The Balaban J connectivity index is 1.55. The van der Waals surface area contributed by atoms with Crippen LogP contribution in [-0.4, -0.2) is 30.7 Å². The maximum Gasteiger partial charge on any atom is 0.266 e. The fourth-order valence-corrected chi connectivity index (χ4v) is 4.03. The van der Waals surface area contributed by atoms with E-state index in [1.54, 1.807) is 25.1 Å². The van der Waals surface area contributed by atoms with Gasteiger partial charge >= 0.3 is 0 Å². The highest BCUT2D eigenvalue weighted by Gasteiger charge is 2.15. The van der Waals surface area contributed by atoms with Crippen molar-refractivity contribution in [1.29, 1.82) is 0 Å². The first-order chi connectivity index (χ1) is 14.2. The predicted molar refractivity (Wildman–Crippen MR) is 116 cm³/mol. The number of primary sulfonamides is 1. The van der Waals surface area contributed by atoms with E-state index in [0.717, 1.165) is 10.4 Å². The molecule has 0 saturated heterocycles. The van der Waals surface area contributed by atoms with Crippen LogP contribution in [0.3, 0.4) is 0 Å². The third-order valence-electron chi connectivity index (χ3n) is 4.50. The number of carbonyl (C=O) groups excluding carboxylic acids is 1. The topological polar surface area (TPSA) is 124 Å².